The molecular weight excluding hydrogens is 282 g/mol. The summed E-state index contributed by atoms with van der Waals surface area (Å²) in [6.45, 7) is 1.34. The second-order valence-corrected chi connectivity index (χ2v) is 4.86. The summed E-state index contributed by atoms with van der Waals surface area (Å²) in [6, 6.07) is 17.1. The van der Waals surface area contributed by atoms with Gasteiger partial charge in [-0.3, -0.25) is 4.79 Å². The summed E-state index contributed by atoms with van der Waals surface area (Å²) in [4.78, 5) is 16.2. The van der Waals surface area contributed by atoms with Crippen molar-refractivity contribution in [3.8, 4) is 11.5 Å². The van der Waals surface area contributed by atoms with Crippen molar-refractivity contribution in [2.24, 2.45) is 5.16 Å². The molecule has 0 amide bonds. The second kappa shape index (κ2) is 6.30. The zero-order valence-corrected chi connectivity index (χ0v) is 12.1. The van der Waals surface area contributed by atoms with Gasteiger partial charge in [0.15, 0.2) is 6.10 Å². The fraction of sp³-hybridized carbons (Fsp3) is 0.176. The molecule has 5 nitrogen and oxygen atoms in total. The summed E-state index contributed by atoms with van der Waals surface area (Å²) in [5.74, 6) is 1.44. The summed E-state index contributed by atoms with van der Waals surface area (Å²) >= 11 is 0. The first kappa shape index (κ1) is 14.1. The zero-order valence-electron chi connectivity index (χ0n) is 12.1. The lowest BCUT2D eigenvalue weighted by molar-refractivity contribution is -0.133. The van der Waals surface area contributed by atoms with E-state index in [0.29, 0.717) is 12.3 Å². The standard InChI is InChI=1S/C17H15NO4/c1-12(19)20-17-11-16(22-18-17)13-7-9-15(10-8-13)21-14-5-3-2-4-6-14/h2-10,16H,11H2,1H3/t16-/m1/s1. The molecule has 1 aliphatic rings. The van der Waals surface area contributed by atoms with Crippen molar-refractivity contribution in [2.75, 3.05) is 0 Å². The average Bonchev–Trinajstić information content (AvgIpc) is 2.97. The highest BCUT2D eigenvalue weighted by Crippen LogP contribution is 2.30. The Balaban J connectivity index is 1.62. The van der Waals surface area contributed by atoms with Gasteiger partial charge in [-0.1, -0.05) is 35.5 Å². The number of carbonyl (C=O) groups excluding carboxylic acids is 1. The normalized spacial score (nSPS) is 16.6. The lowest BCUT2D eigenvalue weighted by Crippen LogP contribution is -2.08. The topological polar surface area (TPSA) is 57.1 Å². The van der Waals surface area contributed by atoms with E-state index < -0.39 is 5.97 Å². The first-order chi connectivity index (χ1) is 10.7. The van der Waals surface area contributed by atoms with Crippen LogP contribution in [0.4, 0.5) is 0 Å². The van der Waals surface area contributed by atoms with Crippen LogP contribution in [-0.2, 0) is 14.4 Å². The number of ether oxygens (including phenoxy) is 2. The number of oxime groups is 1. The van der Waals surface area contributed by atoms with Gasteiger partial charge in [0.05, 0.1) is 6.42 Å². The van der Waals surface area contributed by atoms with Crippen LogP contribution in [0.1, 0.15) is 25.0 Å². The maximum atomic E-state index is 10.9. The van der Waals surface area contributed by atoms with E-state index in [0.717, 1.165) is 17.1 Å². The van der Waals surface area contributed by atoms with Crippen LogP contribution in [0.2, 0.25) is 0 Å². The van der Waals surface area contributed by atoms with Gasteiger partial charge in [0.2, 0.25) is 5.90 Å². The Morgan fingerprint density at radius 2 is 1.77 bits per heavy atom. The molecule has 0 radical (unpaired) electrons. The van der Waals surface area contributed by atoms with Crippen molar-refractivity contribution in [3.05, 3.63) is 60.2 Å². The minimum atomic E-state index is -0.394. The number of nitrogens with zero attached hydrogens (tertiary/aromatic N) is 1. The third kappa shape index (κ3) is 3.44. The van der Waals surface area contributed by atoms with Gasteiger partial charge in [0.1, 0.15) is 11.5 Å². The molecule has 2 aromatic carbocycles. The molecule has 112 valence electrons. The highest BCUT2D eigenvalue weighted by molar-refractivity contribution is 5.88. The van der Waals surface area contributed by atoms with Gasteiger partial charge in [-0.25, -0.2) is 0 Å². The van der Waals surface area contributed by atoms with Crippen LogP contribution >= 0.6 is 0 Å². The third-order valence-electron chi connectivity index (χ3n) is 3.13. The molecule has 1 aliphatic heterocycles. The molecule has 0 aromatic heterocycles. The molecule has 3 rings (SSSR count). The summed E-state index contributed by atoms with van der Waals surface area (Å²) < 4.78 is 10.7. The fourth-order valence-electron chi connectivity index (χ4n) is 2.14. The third-order valence-corrected chi connectivity index (χ3v) is 3.13. The Morgan fingerprint density at radius 1 is 1.09 bits per heavy atom. The minimum absolute atomic E-state index is 0.236. The molecule has 0 aliphatic carbocycles. The van der Waals surface area contributed by atoms with Crippen LogP contribution in [0, 0.1) is 0 Å². The molecule has 2 aromatic rings. The molecular formula is C17H15NO4. The summed E-state index contributed by atoms with van der Waals surface area (Å²) in [6.07, 6.45) is 0.207. The molecule has 5 heteroatoms. The predicted molar refractivity (Wildman–Crippen MR) is 80.6 cm³/mol. The Labute approximate surface area is 128 Å². The van der Waals surface area contributed by atoms with Crippen LogP contribution in [0.25, 0.3) is 0 Å². The molecule has 0 N–H and O–H groups in total. The van der Waals surface area contributed by atoms with Crippen molar-refractivity contribution in [1.29, 1.82) is 0 Å². The quantitative estimate of drug-likeness (QED) is 0.808. The Hall–Kier alpha value is -2.82. The molecule has 22 heavy (non-hydrogen) atoms. The first-order valence-corrected chi connectivity index (χ1v) is 6.95. The van der Waals surface area contributed by atoms with E-state index in [2.05, 4.69) is 5.16 Å². The number of rotatable bonds is 3. The van der Waals surface area contributed by atoms with E-state index in [9.17, 15) is 4.79 Å². The van der Waals surface area contributed by atoms with Gasteiger partial charge in [-0.05, 0) is 29.8 Å². The van der Waals surface area contributed by atoms with Gasteiger partial charge < -0.3 is 14.3 Å². The second-order valence-electron chi connectivity index (χ2n) is 4.86. The summed E-state index contributed by atoms with van der Waals surface area (Å²) in [7, 11) is 0. The maximum Gasteiger partial charge on any atom is 0.309 e. The van der Waals surface area contributed by atoms with E-state index in [1.165, 1.54) is 6.92 Å². The zero-order chi connectivity index (χ0) is 15.4. The molecule has 0 spiro atoms. The SMILES string of the molecule is CC(=O)OC1=NO[C@@H](c2ccc(Oc3ccccc3)cc2)C1. The van der Waals surface area contributed by atoms with E-state index >= 15 is 0 Å². The van der Waals surface area contributed by atoms with Gasteiger partial charge in [-0.15, -0.1) is 0 Å². The van der Waals surface area contributed by atoms with Gasteiger partial charge in [0.25, 0.3) is 0 Å². The van der Waals surface area contributed by atoms with Gasteiger partial charge >= 0.3 is 5.97 Å². The Bertz CT molecular complexity index is 680. The number of hydrogen-bond acceptors (Lipinski definition) is 5. The highest BCUT2D eigenvalue weighted by Gasteiger charge is 2.25. The molecule has 0 fully saturated rings. The largest absolute Gasteiger partial charge is 0.457 e. The van der Waals surface area contributed by atoms with Crippen molar-refractivity contribution in [1.82, 2.24) is 0 Å². The fourth-order valence-corrected chi connectivity index (χ4v) is 2.14. The van der Waals surface area contributed by atoms with Crippen LogP contribution in [0.15, 0.2) is 59.8 Å². The highest BCUT2D eigenvalue weighted by atomic mass is 16.7. The number of carbonyl (C=O) groups is 1. The summed E-state index contributed by atoms with van der Waals surface area (Å²) in [5, 5.41) is 3.77. The van der Waals surface area contributed by atoms with E-state index in [1.807, 2.05) is 54.6 Å². The number of esters is 1. The molecule has 0 unspecified atom stereocenters. The summed E-state index contributed by atoms with van der Waals surface area (Å²) in [5.41, 5.74) is 0.950. The molecule has 1 heterocycles. The Kier molecular flexibility index (Phi) is 4.05. The van der Waals surface area contributed by atoms with E-state index in [4.69, 9.17) is 14.3 Å². The lowest BCUT2D eigenvalue weighted by Gasteiger charge is -2.10. The smallest absolute Gasteiger partial charge is 0.309 e. The monoisotopic (exact) mass is 297 g/mol. The van der Waals surface area contributed by atoms with E-state index in [1.54, 1.807) is 0 Å². The number of hydrogen-bond donors (Lipinski definition) is 0. The van der Waals surface area contributed by atoms with Crippen molar-refractivity contribution in [2.45, 2.75) is 19.4 Å². The number of benzene rings is 2. The molecule has 0 bridgehead atoms. The molecule has 0 saturated heterocycles. The minimum Gasteiger partial charge on any atom is -0.457 e. The van der Waals surface area contributed by atoms with Gasteiger partial charge in [-0.2, -0.15) is 0 Å². The average molecular weight is 297 g/mol. The van der Waals surface area contributed by atoms with Crippen LogP contribution in [0.5, 0.6) is 11.5 Å². The van der Waals surface area contributed by atoms with Crippen LogP contribution < -0.4 is 4.74 Å². The van der Waals surface area contributed by atoms with Gasteiger partial charge in [0, 0.05) is 6.92 Å². The number of para-hydroxylation sites is 1. The molecule has 0 saturated carbocycles. The van der Waals surface area contributed by atoms with Crippen molar-refractivity contribution < 1.29 is 19.1 Å². The van der Waals surface area contributed by atoms with Crippen LogP contribution in [0.3, 0.4) is 0 Å². The molecule has 1 atom stereocenters. The predicted octanol–water partition coefficient (Wildman–Crippen LogP) is 3.82. The van der Waals surface area contributed by atoms with E-state index in [-0.39, 0.29) is 6.10 Å². The lowest BCUT2D eigenvalue weighted by atomic mass is 10.1. The van der Waals surface area contributed by atoms with Crippen molar-refractivity contribution >= 4 is 11.9 Å². The first-order valence-electron chi connectivity index (χ1n) is 6.95. The van der Waals surface area contributed by atoms with Crippen molar-refractivity contribution in [3.63, 3.8) is 0 Å². The van der Waals surface area contributed by atoms with Crippen LogP contribution in [-0.4, -0.2) is 11.9 Å². The Morgan fingerprint density at radius 3 is 2.45 bits per heavy atom. The maximum absolute atomic E-state index is 10.9.